The van der Waals surface area contributed by atoms with Gasteiger partial charge in [-0.2, -0.15) is 5.10 Å². The van der Waals surface area contributed by atoms with E-state index in [4.69, 9.17) is 33.3 Å². The molecule has 0 saturated heterocycles. The molecule has 0 N–H and O–H groups in total. The molecule has 28 heavy (non-hydrogen) atoms. The van der Waals surface area contributed by atoms with Gasteiger partial charge in [-0.3, -0.25) is 4.99 Å². The number of thiazole rings is 1. The van der Waals surface area contributed by atoms with Crippen molar-refractivity contribution in [3.05, 3.63) is 73.3 Å². The first-order valence-corrected chi connectivity index (χ1v) is 10.7. The summed E-state index contributed by atoms with van der Waals surface area (Å²) in [5, 5.41) is 8.18. The summed E-state index contributed by atoms with van der Waals surface area (Å²) in [6, 6.07) is 12.1. The molecule has 3 aromatic rings. The SMILES string of the molecule is C/C(=N/n1c(-c2ccc(C)c(C)c2)csc1=NC(C)C)c1ccc(Cl)cc1Cl. The Morgan fingerprint density at radius 3 is 2.43 bits per heavy atom. The number of nitrogens with zero attached hydrogens (tertiary/aromatic N) is 3. The second-order valence-corrected chi connectivity index (χ2v) is 8.73. The maximum absolute atomic E-state index is 6.39. The molecular formula is C22H23Cl2N3S. The van der Waals surface area contributed by atoms with Crippen molar-refractivity contribution in [2.75, 3.05) is 0 Å². The Kier molecular flexibility index (Phi) is 6.43. The molecule has 6 heteroatoms. The van der Waals surface area contributed by atoms with Crippen LogP contribution in [0.2, 0.25) is 10.0 Å². The van der Waals surface area contributed by atoms with Gasteiger partial charge in [0, 0.05) is 27.6 Å². The maximum Gasteiger partial charge on any atom is 0.206 e. The molecule has 0 saturated carbocycles. The highest BCUT2D eigenvalue weighted by molar-refractivity contribution is 7.07. The summed E-state index contributed by atoms with van der Waals surface area (Å²) in [5.41, 5.74) is 6.30. The first kappa shape index (κ1) is 20.8. The third-order valence-corrected chi connectivity index (χ3v) is 5.81. The maximum atomic E-state index is 6.39. The van der Waals surface area contributed by atoms with Crippen molar-refractivity contribution in [3.8, 4) is 11.3 Å². The van der Waals surface area contributed by atoms with Crippen molar-refractivity contribution in [2.45, 2.75) is 40.7 Å². The Balaban J connectivity index is 2.20. The number of aromatic nitrogens is 1. The molecule has 0 radical (unpaired) electrons. The van der Waals surface area contributed by atoms with Gasteiger partial charge >= 0.3 is 0 Å². The zero-order valence-electron chi connectivity index (χ0n) is 16.6. The van der Waals surface area contributed by atoms with Crippen LogP contribution in [0.5, 0.6) is 0 Å². The van der Waals surface area contributed by atoms with Crippen LogP contribution in [0.3, 0.4) is 0 Å². The minimum absolute atomic E-state index is 0.173. The molecule has 0 unspecified atom stereocenters. The van der Waals surface area contributed by atoms with Crippen LogP contribution in [0.15, 0.2) is 51.9 Å². The second kappa shape index (κ2) is 8.64. The topological polar surface area (TPSA) is 29.6 Å². The number of benzene rings is 2. The van der Waals surface area contributed by atoms with E-state index in [2.05, 4.69) is 51.3 Å². The Labute approximate surface area is 180 Å². The predicted octanol–water partition coefficient (Wildman–Crippen LogP) is 6.72. The van der Waals surface area contributed by atoms with Crippen molar-refractivity contribution in [3.63, 3.8) is 0 Å². The third-order valence-electron chi connectivity index (χ3n) is 4.43. The van der Waals surface area contributed by atoms with Gasteiger partial charge in [-0.15, -0.1) is 11.3 Å². The molecule has 1 aromatic heterocycles. The predicted molar refractivity (Wildman–Crippen MR) is 122 cm³/mol. The first-order chi connectivity index (χ1) is 13.3. The monoisotopic (exact) mass is 431 g/mol. The smallest absolute Gasteiger partial charge is 0.206 e. The summed E-state index contributed by atoms with van der Waals surface area (Å²) >= 11 is 14.0. The average Bonchev–Trinajstić information content (AvgIpc) is 2.99. The fraction of sp³-hybridized carbons (Fsp3) is 0.273. The van der Waals surface area contributed by atoms with Crippen LogP contribution in [0.25, 0.3) is 11.3 Å². The Hall–Kier alpha value is -1.88. The van der Waals surface area contributed by atoms with E-state index >= 15 is 0 Å². The molecule has 0 aliphatic carbocycles. The lowest BCUT2D eigenvalue weighted by Crippen LogP contribution is -2.16. The molecule has 0 amide bonds. The molecule has 0 spiro atoms. The lowest BCUT2D eigenvalue weighted by atomic mass is 10.1. The molecule has 0 bridgehead atoms. The first-order valence-electron chi connectivity index (χ1n) is 9.09. The molecule has 3 nitrogen and oxygen atoms in total. The van der Waals surface area contributed by atoms with Gasteiger partial charge in [-0.25, -0.2) is 4.68 Å². The molecular weight excluding hydrogens is 409 g/mol. The van der Waals surface area contributed by atoms with Crippen LogP contribution >= 0.6 is 34.5 Å². The van der Waals surface area contributed by atoms with E-state index in [1.54, 1.807) is 17.4 Å². The zero-order chi connectivity index (χ0) is 20.4. The van der Waals surface area contributed by atoms with Crippen LogP contribution in [-0.2, 0) is 0 Å². The van der Waals surface area contributed by atoms with Gasteiger partial charge in [0.05, 0.1) is 16.4 Å². The fourth-order valence-electron chi connectivity index (χ4n) is 2.79. The van der Waals surface area contributed by atoms with Gasteiger partial charge in [0.15, 0.2) is 0 Å². The Morgan fingerprint density at radius 1 is 1.04 bits per heavy atom. The lowest BCUT2D eigenvalue weighted by Gasteiger charge is -2.09. The van der Waals surface area contributed by atoms with Crippen LogP contribution in [0.1, 0.15) is 37.5 Å². The summed E-state index contributed by atoms with van der Waals surface area (Å²) < 4.78 is 1.91. The van der Waals surface area contributed by atoms with Crippen LogP contribution in [0.4, 0.5) is 0 Å². The van der Waals surface area contributed by atoms with Gasteiger partial charge in [0.1, 0.15) is 0 Å². The highest BCUT2D eigenvalue weighted by atomic mass is 35.5. The van der Waals surface area contributed by atoms with Gasteiger partial charge in [-0.1, -0.05) is 41.4 Å². The van der Waals surface area contributed by atoms with Crippen molar-refractivity contribution >= 4 is 40.3 Å². The molecule has 0 atom stereocenters. The molecule has 2 aromatic carbocycles. The number of hydrogen-bond acceptors (Lipinski definition) is 3. The van der Waals surface area contributed by atoms with E-state index in [0.29, 0.717) is 10.0 Å². The summed E-state index contributed by atoms with van der Waals surface area (Å²) in [6.07, 6.45) is 0. The van der Waals surface area contributed by atoms with Crippen LogP contribution < -0.4 is 4.80 Å². The highest BCUT2D eigenvalue weighted by Crippen LogP contribution is 2.25. The largest absolute Gasteiger partial charge is 0.255 e. The van der Waals surface area contributed by atoms with E-state index in [0.717, 1.165) is 27.3 Å². The van der Waals surface area contributed by atoms with Crippen molar-refractivity contribution < 1.29 is 0 Å². The van der Waals surface area contributed by atoms with Crippen LogP contribution in [-0.4, -0.2) is 16.4 Å². The summed E-state index contributed by atoms with van der Waals surface area (Å²) in [6.45, 7) is 10.3. The minimum atomic E-state index is 0.173. The molecule has 3 rings (SSSR count). The molecule has 146 valence electrons. The normalized spacial score (nSPS) is 12.9. The van der Waals surface area contributed by atoms with Crippen molar-refractivity contribution in [2.24, 2.45) is 10.1 Å². The van der Waals surface area contributed by atoms with Gasteiger partial charge in [0.25, 0.3) is 0 Å². The van der Waals surface area contributed by atoms with E-state index in [-0.39, 0.29) is 6.04 Å². The number of halogens is 2. The average molecular weight is 432 g/mol. The minimum Gasteiger partial charge on any atom is -0.255 e. The Morgan fingerprint density at radius 2 is 1.79 bits per heavy atom. The summed E-state index contributed by atoms with van der Waals surface area (Å²) in [7, 11) is 0. The summed E-state index contributed by atoms with van der Waals surface area (Å²) in [5.74, 6) is 0. The molecule has 1 heterocycles. The number of aryl methyl sites for hydroxylation is 2. The quantitative estimate of drug-likeness (QED) is 0.410. The van der Waals surface area contributed by atoms with Crippen molar-refractivity contribution in [1.82, 2.24) is 4.68 Å². The van der Waals surface area contributed by atoms with Gasteiger partial charge in [0.2, 0.25) is 4.80 Å². The van der Waals surface area contributed by atoms with E-state index in [1.807, 2.05) is 23.7 Å². The molecule has 0 fully saturated rings. The number of rotatable bonds is 4. The Bertz CT molecular complexity index is 1110. The summed E-state index contributed by atoms with van der Waals surface area (Å²) in [4.78, 5) is 5.60. The van der Waals surface area contributed by atoms with Gasteiger partial charge in [-0.05, 0) is 63.9 Å². The van der Waals surface area contributed by atoms with E-state index in [1.165, 1.54) is 11.1 Å². The van der Waals surface area contributed by atoms with Crippen LogP contribution in [0, 0.1) is 13.8 Å². The van der Waals surface area contributed by atoms with Gasteiger partial charge < -0.3 is 0 Å². The molecule has 0 aliphatic rings. The lowest BCUT2D eigenvalue weighted by molar-refractivity contribution is 0.753. The zero-order valence-corrected chi connectivity index (χ0v) is 19.0. The third kappa shape index (κ3) is 4.57. The van der Waals surface area contributed by atoms with E-state index < -0.39 is 0 Å². The highest BCUT2D eigenvalue weighted by Gasteiger charge is 2.11. The number of hydrogen-bond donors (Lipinski definition) is 0. The van der Waals surface area contributed by atoms with E-state index in [9.17, 15) is 0 Å². The standard InChI is InChI=1S/C22H23Cl2N3S/c1-13(2)25-22-27(26-16(5)19-9-8-18(23)11-20(19)24)21(12-28-22)17-7-6-14(3)15(4)10-17/h6-13H,1-5H3/b25-22?,26-16-. The fourth-order valence-corrected chi connectivity index (χ4v) is 4.30. The second-order valence-electron chi connectivity index (χ2n) is 7.05. The molecule has 0 aliphatic heterocycles. The van der Waals surface area contributed by atoms with Crippen molar-refractivity contribution in [1.29, 1.82) is 0 Å².